The van der Waals surface area contributed by atoms with Gasteiger partial charge in [-0.25, -0.2) is 0 Å². The van der Waals surface area contributed by atoms with Gasteiger partial charge in [0.2, 0.25) is 0 Å². The van der Waals surface area contributed by atoms with Gasteiger partial charge in [-0.2, -0.15) is 0 Å². The summed E-state index contributed by atoms with van der Waals surface area (Å²) in [6.45, 7) is 0. The molecule has 0 amide bonds. The van der Waals surface area contributed by atoms with Gasteiger partial charge >= 0.3 is 0 Å². The zero-order valence-electron chi connectivity index (χ0n) is 27.9. The van der Waals surface area contributed by atoms with Crippen LogP contribution in [0.2, 0.25) is 0 Å². The van der Waals surface area contributed by atoms with Crippen LogP contribution in [0, 0.1) is 0 Å². The minimum atomic E-state index is -0.535. The third-order valence-corrected chi connectivity index (χ3v) is 10.6. The van der Waals surface area contributed by atoms with E-state index >= 15 is 0 Å². The Kier molecular flexibility index (Phi) is 6.75. The summed E-state index contributed by atoms with van der Waals surface area (Å²) in [5, 5.41) is 2.23. The largest absolute Gasteiger partial charge is 0.454 e. The number of hydrogen-bond acceptors (Lipinski definition) is 2. The number of anilines is 3. The highest BCUT2D eigenvalue weighted by Crippen LogP contribution is 2.58. The van der Waals surface area contributed by atoms with Crippen molar-refractivity contribution in [1.82, 2.24) is 0 Å². The Balaban J connectivity index is 1.24. The second kappa shape index (κ2) is 11.8. The van der Waals surface area contributed by atoms with Gasteiger partial charge in [0.05, 0.1) is 11.1 Å². The number of furan rings is 1. The molecule has 1 heterocycles. The molecule has 0 aliphatic heterocycles. The summed E-state index contributed by atoms with van der Waals surface area (Å²) in [6, 6.07) is 71.9. The first-order valence-corrected chi connectivity index (χ1v) is 17.5. The van der Waals surface area contributed by atoms with Gasteiger partial charge in [-0.05, 0) is 80.9 Å². The quantitative estimate of drug-likeness (QED) is 0.178. The molecule has 0 saturated heterocycles. The molecule has 8 aromatic carbocycles. The van der Waals surface area contributed by atoms with Crippen molar-refractivity contribution in [1.29, 1.82) is 0 Å². The Morgan fingerprint density at radius 3 is 1.61 bits per heavy atom. The first-order valence-electron chi connectivity index (χ1n) is 17.5. The van der Waals surface area contributed by atoms with Crippen LogP contribution in [0.15, 0.2) is 205 Å². The summed E-state index contributed by atoms with van der Waals surface area (Å²) in [6.07, 6.45) is 0. The zero-order chi connectivity index (χ0) is 33.8. The average Bonchev–Trinajstić information content (AvgIpc) is 3.74. The Morgan fingerprint density at radius 1 is 0.392 bits per heavy atom. The molecule has 2 nitrogen and oxygen atoms in total. The smallest absolute Gasteiger partial charge is 0.159 e. The Bertz CT molecular complexity index is 2630. The molecule has 1 aromatic heterocycles. The SMILES string of the molecule is c1ccc(-c2ccc(N(c3ccccc3)c3cccc4c3oc3cccc(C5(c6ccccc6)c6ccccc6-c6ccccc65)c34)cc2)cc1. The van der Waals surface area contributed by atoms with Crippen LogP contribution in [-0.2, 0) is 5.41 Å². The third kappa shape index (κ3) is 4.43. The van der Waals surface area contributed by atoms with Gasteiger partial charge in [0.15, 0.2) is 5.58 Å². The van der Waals surface area contributed by atoms with E-state index in [1.165, 1.54) is 44.5 Å². The molecular weight excluding hydrogens is 619 g/mol. The Labute approximate surface area is 297 Å². The van der Waals surface area contributed by atoms with Crippen LogP contribution in [0.1, 0.15) is 22.3 Å². The summed E-state index contributed by atoms with van der Waals surface area (Å²) in [4.78, 5) is 2.31. The first kappa shape index (κ1) is 29.3. The van der Waals surface area contributed by atoms with Crippen molar-refractivity contribution < 1.29 is 4.42 Å². The van der Waals surface area contributed by atoms with Crippen LogP contribution in [0.25, 0.3) is 44.2 Å². The lowest BCUT2D eigenvalue weighted by atomic mass is 9.66. The highest BCUT2D eigenvalue weighted by molar-refractivity contribution is 6.13. The van der Waals surface area contributed by atoms with Gasteiger partial charge in [0.1, 0.15) is 5.58 Å². The van der Waals surface area contributed by atoms with Gasteiger partial charge in [-0.1, -0.05) is 164 Å². The fourth-order valence-electron chi connectivity index (χ4n) is 8.44. The number of nitrogens with zero attached hydrogens (tertiary/aromatic N) is 1. The average molecular weight is 652 g/mol. The molecule has 10 rings (SSSR count). The van der Waals surface area contributed by atoms with E-state index in [0.29, 0.717) is 0 Å². The molecule has 0 saturated carbocycles. The topological polar surface area (TPSA) is 16.4 Å². The van der Waals surface area contributed by atoms with E-state index in [-0.39, 0.29) is 0 Å². The Morgan fingerprint density at radius 2 is 0.922 bits per heavy atom. The summed E-state index contributed by atoms with van der Waals surface area (Å²) in [5.74, 6) is 0. The van der Waals surface area contributed by atoms with Crippen molar-refractivity contribution in [3.8, 4) is 22.3 Å². The van der Waals surface area contributed by atoms with Gasteiger partial charge in [-0.3, -0.25) is 0 Å². The molecule has 0 N–H and O–H groups in total. The summed E-state index contributed by atoms with van der Waals surface area (Å²) in [5.41, 5.74) is 14.3. The minimum Gasteiger partial charge on any atom is -0.454 e. The molecule has 51 heavy (non-hydrogen) atoms. The fourth-order valence-corrected chi connectivity index (χ4v) is 8.44. The number of para-hydroxylation sites is 2. The van der Waals surface area contributed by atoms with Crippen molar-refractivity contribution in [2.45, 2.75) is 5.41 Å². The van der Waals surface area contributed by atoms with Crippen LogP contribution in [0.3, 0.4) is 0 Å². The third-order valence-electron chi connectivity index (χ3n) is 10.6. The maximum Gasteiger partial charge on any atom is 0.159 e. The number of rotatable bonds is 6. The minimum absolute atomic E-state index is 0.535. The molecule has 0 radical (unpaired) electrons. The second-order valence-electron chi connectivity index (χ2n) is 13.2. The van der Waals surface area contributed by atoms with E-state index in [1.807, 2.05) is 0 Å². The molecule has 0 atom stereocenters. The van der Waals surface area contributed by atoms with Crippen molar-refractivity contribution in [2.75, 3.05) is 4.90 Å². The molecule has 2 heteroatoms. The van der Waals surface area contributed by atoms with Crippen LogP contribution in [-0.4, -0.2) is 0 Å². The van der Waals surface area contributed by atoms with Crippen molar-refractivity contribution in [3.05, 3.63) is 222 Å². The molecule has 1 aliphatic carbocycles. The summed E-state index contributed by atoms with van der Waals surface area (Å²) >= 11 is 0. The first-order chi connectivity index (χ1) is 25.3. The van der Waals surface area contributed by atoms with Crippen molar-refractivity contribution in [3.63, 3.8) is 0 Å². The van der Waals surface area contributed by atoms with Crippen LogP contribution in [0.5, 0.6) is 0 Å². The monoisotopic (exact) mass is 651 g/mol. The molecule has 0 spiro atoms. The highest BCUT2D eigenvalue weighted by Gasteiger charge is 2.47. The van der Waals surface area contributed by atoms with Crippen molar-refractivity contribution in [2.24, 2.45) is 0 Å². The van der Waals surface area contributed by atoms with E-state index in [0.717, 1.165) is 39.0 Å². The van der Waals surface area contributed by atoms with Gasteiger partial charge in [-0.15, -0.1) is 0 Å². The van der Waals surface area contributed by atoms with E-state index < -0.39 is 5.41 Å². The van der Waals surface area contributed by atoms with Crippen LogP contribution in [0.4, 0.5) is 17.1 Å². The molecule has 9 aromatic rings. The molecule has 0 fully saturated rings. The van der Waals surface area contributed by atoms with E-state index in [9.17, 15) is 0 Å². The van der Waals surface area contributed by atoms with E-state index in [2.05, 4.69) is 205 Å². The van der Waals surface area contributed by atoms with Crippen LogP contribution >= 0.6 is 0 Å². The maximum absolute atomic E-state index is 7.02. The van der Waals surface area contributed by atoms with E-state index in [4.69, 9.17) is 4.42 Å². The lowest BCUT2D eigenvalue weighted by Gasteiger charge is -2.34. The van der Waals surface area contributed by atoms with Crippen LogP contribution < -0.4 is 4.90 Å². The van der Waals surface area contributed by atoms with Gasteiger partial charge in [0, 0.05) is 22.1 Å². The number of benzene rings is 8. The fraction of sp³-hybridized carbons (Fsp3) is 0.0204. The predicted octanol–water partition coefficient (Wildman–Crippen LogP) is 13.1. The summed E-state index contributed by atoms with van der Waals surface area (Å²) in [7, 11) is 0. The molecule has 240 valence electrons. The Hall–Kier alpha value is -6.64. The standard InChI is InChI=1S/C49H33NO/c1-4-16-34(17-5-1)35-30-32-38(33-31-35)50(37-20-8-3-9-21-37)45-28-14-24-41-47-44(27-15-29-46(47)51-48(41)45)49(36-18-6-2-7-19-36)42-25-12-10-22-39(42)40-23-11-13-26-43(40)49/h1-33H. The second-order valence-corrected chi connectivity index (χ2v) is 13.2. The molecule has 1 aliphatic rings. The lowest BCUT2D eigenvalue weighted by Crippen LogP contribution is -2.28. The predicted molar refractivity (Wildman–Crippen MR) is 211 cm³/mol. The lowest BCUT2D eigenvalue weighted by molar-refractivity contribution is 0.668. The highest BCUT2D eigenvalue weighted by atomic mass is 16.3. The van der Waals surface area contributed by atoms with Crippen molar-refractivity contribution >= 4 is 39.0 Å². The van der Waals surface area contributed by atoms with E-state index in [1.54, 1.807) is 0 Å². The molecule has 0 unspecified atom stereocenters. The van der Waals surface area contributed by atoms with Gasteiger partial charge in [0.25, 0.3) is 0 Å². The number of hydrogen-bond donors (Lipinski definition) is 0. The maximum atomic E-state index is 7.02. The normalized spacial score (nSPS) is 12.9. The zero-order valence-corrected chi connectivity index (χ0v) is 27.9. The molecular formula is C49H33NO. The van der Waals surface area contributed by atoms with Gasteiger partial charge < -0.3 is 9.32 Å². The molecule has 0 bridgehead atoms. The summed E-state index contributed by atoms with van der Waals surface area (Å²) < 4.78 is 7.02. The number of fused-ring (bicyclic) bond motifs is 6.